The highest BCUT2D eigenvalue weighted by Crippen LogP contribution is 2.39. The van der Waals surface area contributed by atoms with Crippen LogP contribution in [0.4, 0.5) is 0 Å². The molecule has 3 aromatic rings. The Hall–Kier alpha value is -2.52. The zero-order valence-corrected chi connectivity index (χ0v) is 19.9. The Morgan fingerprint density at radius 2 is 1.16 bits per heavy atom. The first kappa shape index (κ1) is 22.7. The van der Waals surface area contributed by atoms with Crippen molar-refractivity contribution in [2.45, 2.75) is 36.7 Å². The van der Waals surface area contributed by atoms with Crippen molar-refractivity contribution in [1.29, 1.82) is 0 Å². The van der Waals surface area contributed by atoms with E-state index in [1.807, 2.05) is 25.1 Å². The van der Waals surface area contributed by atoms with Crippen LogP contribution in [0.5, 0.6) is 0 Å². The first-order chi connectivity index (χ1) is 15.1. The molecule has 0 aromatic heterocycles. The molecule has 1 heterocycles. The summed E-state index contributed by atoms with van der Waals surface area (Å²) >= 11 is 0. The fourth-order valence-electron chi connectivity index (χ4n) is 4.47. The second kappa shape index (κ2) is 8.44. The maximum Gasteiger partial charge on any atom is 0.245 e. The highest BCUT2D eigenvalue weighted by molar-refractivity contribution is 7.90. The first-order valence-electron chi connectivity index (χ1n) is 10.4. The smallest absolute Gasteiger partial charge is 0.207 e. The zero-order chi connectivity index (χ0) is 23.1. The summed E-state index contributed by atoms with van der Waals surface area (Å²) in [4.78, 5) is 0.380. The standard InChI is InChI=1S/C24H26N2O4S2/c1-18-16-19(2)23(20(3)17-18)32(29,30)26-15-14-25(24(26)21-10-6-4-7-11-21)31(27,28)22-12-8-5-9-13-22/h4-13,16-17,24H,14-15H2,1-3H3/t24-/m1/s1. The van der Waals surface area contributed by atoms with Gasteiger partial charge in [0, 0.05) is 13.1 Å². The molecule has 0 spiro atoms. The largest absolute Gasteiger partial charge is 0.245 e. The Kier molecular flexibility index (Phi) is 5.98. The summed E-state index contributed by atoms with van der Waals surface area (Å²) in [6.45, 7) is 5.62. The lowest BCUT2D eigenvalue weighted by molar-refractivity contribution is 0.292. The van der Waals surface area contributed by atoms with Crippen LogP contribution in [0.3, 0.4) is 0 Å². The molecule has 1 fully saturated rings. The normalized spacial score (nSPS) is 18.2. The van der Waals surface area contributed by atoms with Gasteiger partial charge in [0.05, 0.1) is 9.79 Å². The summed E-state index contributed by atoms with van der Waals surface area (Å²) < 4.78 is 57.4. The minimum atomic E-state index is -3.96. The van der Waals surface area contributed by atoms with Gasteiger partial charge in [-0.05, 0) is 49.6 Å². The molecule has 1 aliphatic heterocycles. The number of nitrogens with zero attached hydrogens (tertiary/aromatic N) is 2. The zero-order valence-electron chi connectivity index (χ0n) is 18.3. The predicted molar refractivity (Wildman–Crippen MR) is 124 cm³/mol. The average molecular weight is 471 g/mol. The van der Waals surface area contributed by atoms with Crippen LogP contribution in [-0.2, 0) is 20.0 Å². The van der Waals surface area contributed by atoms with Crippen molar-refractivity contribution in [2.24, 2.45) is 0 Å². The van der Waals surface area contributed by atoms with Gasteiger partial charge in [0.15, 0.2) is 0 Å². The van der Waals surface area contributed by atoms with E-state index in [4.69, 9.17) is 0 Å². The van der Waals surface area contributed by atoms with Crippen molar-refractivity contribution >= 4 is 20.0 Å². The molecule has 0 saturated carbocycles. The fraction of sp³-hybridized carbons (Fsp3) is 0.250. The lowest BCUT2D eigenvalue weighted by Crippen LogP contribution is -2.38. The van der Waals surface area contributed by atoms with Gasteiger partial charge in [-0.15, -0.1) is 0 Å². The summed E-state index contributed by atoms with van der Waals surface area (Å²) in [6.07, 6.45) is -0.966. The number of hydrogen-bond acceptors (Lipinski definition) is 4. The van der Waals surface area contributed by atoms with Crippen LogP contribution in [0.15, 0.2) is 82.6 Å². The summed E-state index contributed by atoms with van der Waals surface area (Å²) in [7, 11) is -7.87. The molecular formula is C24H26N2O4S2. The Labute approximate surface area is 190 Å². The van der Waals surface area contributed by atoms with Gasteiger partial charge in [0.2, 0.25) is 20.0 Å². The quantitative estimate of drug-likeness (QED) is 0.565. The number of sulfonamides is 2. The van der Waals surface area contributed by atoms with Crippen LogP contribution >= 0.6 is 0 Å². The van der Waals surface area contributed by atoms with Gasteiger partial charge in [0.1, 0.15) is 6.17 Å². The van der Waals surface area contributed by atoms with Crippen LogP contribution in [0.1, 0.15) is 28.4 Å². The number of rotatable bonds is 5. The Balaban J connectivity index is 1.87. The van der Waals surface area contributed by atoms with Crippen LogP contribution in [0.2, 0.25) is 0 Å². The third-order valence-corrected chi connectivity index (χ3v) is 9.73. The number of aryl methyl sites for hydroxylation is 3. The lowest BCUT2D eigenvalue weighted by Gasteiger charge is -2.30. The molecule has 1 atom stereocenters. The molecule has 4 rings (SSSR count). The molecular weight excluding hydrogens is 444 g/mol. The highest BCUT2D eigenvalue weighted by Gasteiger charge is 2.47. The van der Waals surface area contributed by atoms with Gasteiger partial charge < -0.3 is 0 Å². The molecule has 0 aliphatic carbocycles. The van der Waals surface area contributed by atoms with Gasteiger partial charge in [-0.25, -0.2) is 16.8 Å². The monoisotopic (exact) mass is 470 g/mol. The van der Waals surface area contributed by atoms with E-state index in [-0.39, 0.29) is 22.9 Å². The molecule has 3 aromatic carbocycles. The Bertz CT molecular complexity index is 1320. The molecule has 8 heteroatoms. The summed E-state index contributed by atoms with van der Waals surface area (Å²) in [5.74, 6) is 0. The van der Waals surface area contributed by atoms with E-state index < -0.39 is 26.2 Å². The van der Waals surface area contributed by atoms with E-state index in [1.54, 1.807) is 56.3 Å². The van der Waals surface area contributed by atoms with Crippen molar-refractivity contribution in [3.8, 4) is 0 Å². The topological polar surface area (TPSA) is 74.8 Å². The number of hydrogen-bond donors (Lipinski definition) is 0. The minimum absolute atomic E-state index is 0.0694. The van der Waals surface area contributed by atoms with Crippen molar-refractivity contribution in [3.05, 3.63) is 95.1 Å². The SMILES string of the molecule is Cc1cc(C)c(S(=O)(=O)N2CCN(S(=O)(=O)c3ccccc3)[C@H]2c2ccccc2)c(C)c1. The van der Waals surface area contributed by atoms with Crippen LogP contribution in [0.25, 0.3) is 0 Å². The van der Waals surface area contributed by atoms with Crippen LogP contribution < -0.4 is 0 Å². The van der Waals surface area contributed by atoms with E-state index >= 15 is 0 Å². The molecule has 32 heavy (non-hydrogen) atoms. The highest BCUT2D eigenvalue weighted by atomic mass is 32.2. The maximum atomic E-state index is 13.9. The predicted octanol–water partition coefficient (Wildman–Crippen LogP) is 4.01. The molecule has 6 nitrogen and oxygen atoms in total. The van der Waals surface area contributed by atoms with Gasteiger partial charge in [0.25, 0.3) is 0 Å². The lowest BCUT2D eigenvalue weighted by atomic mass is 10.1. The van der Waals surface area contributed by atoms with E-state index in [1.165, 1.54) is 20.7 Å². The summed E-state index contributed by atoms with van der Waals surface area (Å²) in [5.41, 5.74) is 2.89. The second-order valence-electron chi connectivity index (χ2n) is 8.06. The van der Waals surface area contributed by atoms with Gasteiger partial charge in [-0.3, -0.25) is 0 Å². The molecule has 1 aliphatic rings. The molecule has 0 unspecified atom stereocenters. The fourth-order valence-corrected chi connectivity index (χ4v) is 8.10. The van der Waals surface area contributed by atoms with Gasteiger partial charge in [-0.1, -0.05) is 66.2 Å². The third-order valence-electron chi connectivity index (χ3n) is 5.71. The molecule has 0 amide bonds. The van der Waals surface area contributed by atoms with Gasteiger partial charge in [-0.2, -0.15) is 8.61 Å². The van der Waals surface area contributed by atoms with E-state index in [2.05, 4.69) is 0 Å². The van der Waals surface area contributed by atoms with E-state index in [0.29, 0.717) is 16.7 Å². The maximum absolute atomic E-state index is 13.9. The Morgan fingerprint density at radius 3 is 1.69 bits per heavy atom. The summed E-state index contributed by atoms with van der Waals surface area (Å²) in [6, 6.07) is 20.7. The Morgan fingerprint density at radius 1 is 0.688 bits per heavy atom. The van der Waals surface area contributed by atoms with Crippen molar-refractivity contribution in [3.63, 3.8) is 0 Å². The van der Waals surface area contributed by atoms with Gasteiger partial charge >= 0.3 is 0 Å². The van der Waals surface area contributed by atoms with Crippen molar-refractivity contribution in [2.75, 3.05) is 13.1 Å². The van der Waals surface area contributed by atoms with E-state index in [9.17, 15) is 16.8 Å². The third kappa shape index (κ3) is 3.88. The van der Waals surface area contributed by atoms with E-state index in [0.717, 1.165) is 5.56 Å². The number of benzene rings is 3. The van der Waals surface area contributed by atoms with Crippen molar-refractivity contribution < 1.29 is 16.8 Å². The molecule has 0 N–H and O–H groups in total. The second-order valence-corrected chi connectivity index (χ2v) is 11.8. The minimum Gasteiger partial charge on any atom is -0.207 e. The molecule has 1 saturated heterocycles. The van der Waals surface area contributed by atoms with Crippen molar-refractivity contribution in [1.82, 2.24) is 8.61 Å². The average Bonchev–Trinajstić information content (AvgIpc) is 3.21. The van der Waals surface area contributed by atoms with Crippen LogP contribution in [-0.4, -0.2) is 38.5 Å². The molecule has 168 valence electrons. The van der Waals surface area contributed by atoms with Crippen LogP contribution in [0, 0.1) is 20.8 Å². The first-order valence-corrected chi connectivity index (χ1v) is 13.2. The summed E-state index contributed by atoms with van der Waals surface area (Å²) in [5, 5.41) is 0. The molecule has 0 bridgehead atoms. The molecule has 0 radical (unpaired) electrons.